The molecule has 0 radical (unpaired) electrons. The van der Waals surface area contributed by atoms with Crippen molar-refractivity contribution in [1.29, 1.82) is 5.26 Å². The number of hydrogen-bond donors (Lipinski definition) is 0. The van der Waals surface area contributed by atoms with Crippen LogP contribution < -0.4 is 4.74 Å². The molecular formula is C15H19NO. The maximum atomic E-state index is 9.27. The van der Waals surface area contributed by atoms with E-state index in [0.29, 0.717) is 6.61 Å². The molecule has 1 aromatic rings. The summed E-state index contributed by atoms with van der Waals surface area (Å²) < 4.78 is 5.82. The fraction of sp³-hybridized carbons (Fsp3) is 0.533. The van der Waals surface area contributed by atoms with Crippen molar-refractivity contribution in [1.82, 2.24) is 0 Å². The van der Waals surface area contributed by atoms with E-state index >= 15 is 0 Å². The molecule has 0 unspecified atom stereocenters. The molecule has 1 aliphatic carbocycles. The highest BCUT2D eigenvalue weighted by atomic mass is 16.5. The van der Waals surface area contributed by atoms with Crippen molar-refractivity contribution < 1.29 is 4.74 Å². The first-order valence-electron chi connectivity index (χ1n) is 6.26. The second-order valence-corrected chi connectivity index (χ2v) is 5.21. The summed E-state index contributed by atoms with van der Waals surface area (Å²) in [7, 11) is 0. The van der Waals surface area contributed by atoms with Crippen LogP contribution in [0.4, 0.5) is 0 Å². The van der Waals surface area contributed by atoms with Crippen LogP contribution in [0.2, 0.25) is 0 Å². The lowest BCUT2D eigenvalue weighted by Gasteiger charge is -2.20. The molecular weight excluding hydrogens is 210 g/mol. The average molecular weight is 229 g/mol. The zero-order chi connectivity index (χ0) is 12.3. The average Bonchev–Trinajstić information content (AvgIpc) is 2.74. The van der Waals surface area contributed by atoms with E-state index in [2.05, 4.69) is 26.0 Å². The minimum atomic E-state index is -0.238. The van der Waals surface area contributed by atoms with Crippen LogP contribution in [0.25, 0.3) is 0 Å². The van der Waals surface area contributed by atoms with Crippen molar-refractivity contribution in [2.45, 2.75) is 39.5 Å². The maximum absolute atomic E-state index is 9.27. The highest BCUT2D eigenvalue weighted by Gasteiger charge is 2.34. The Balaban J connectivity index is 2.04. The SMILES string of the molecule is Cc1cc(C)cc(OCC2(C#N)CCCC2)c1. The Bertz CT molecular complexity index is 418. The third-order valence-corrected chi connectivity index (χ3v) is 3.51. The summed E-state index contributed by atoms with van der Waals surface area (Å²) in [6.07, 6.45) is 4.27. The van der Waals surface area contributed by atoms with Gasteiger partial charge in [-0.3, -0.25) is 0 Å². The Labute approximate surface area is 103 Å². The summed E-state index contributed by atoms with van der Waals surface area (Å²) in [5.41, 5.74) is 2.17. The fourth-order valence-corrected chi connectivity index (χ4v) is 2.58. The Morgan fingerprint density at radius 3 is 2.29 bits per heavy atom. The molecule has 0 atom stereocenters. The van der Waals surface area contributed by atoms with Crippen LogP contribution in [-0.4, -0.2) is 6.61 Å². The van der Waals surface area contributed by atoms with Crippen molar-refractivity contribution in [3.8, 4) is 11.8 Å². The van der Waals surface area contributed by atoms with Gasteiger partial charge in [-0.25, -0.2) is 0 Å². The van der Waals surface area contributed by atoms with Crippen LogP contribution in [-0.2, 0) is 0 Å². The molecule has 2 rings (SSSR count). The molecule has 17 heavy (non-hydrogen) atoms. The van der Waals surface area contributed by atoms with Gasteiger partial charge in [-0.05, 0) is 49.9 Å². The summed E-state index contributed by atoms with van der Waals surface area (Å²) in [4.78, 5) is 0. The molecule has 0 aliphatic heterocycles. The summed E-state index contributed by atoms with van der Waals surface area (Å²) in [6.45, 7) is 4.66. The Hall–Kier alpha value is -1.49. The van der Waals surface area contributed by atoms with Crippen molar-refractivity contribution in [3.63, 3.8) is 0 Å². The van der Waals surface area contributed by atoms with E-state index in [0.717, 1.165) is 31.4 Å². The molecule has 1 aromatic carbocycles. The summed E-state index contributed by atoms with van der Waals surface area (Å²) >= 11 is 0. The summed E-state index contributed by atoms with van der Waals surface area (Å²) in [5.74, 6) is 0.893. The number of hydrogen-bond acceptors (Lipinski definition) is 2. The van der Waals surface area contributed by atoms with Crippen molar-refractivity contribution >= 4 is 0 Å². The first-order chi connectivity index (χ1) is 8.13. The third kappa shape index (κ3) is 2.79. The predicted octanol–water partition coefficient (Wildman–Crippen LogP) is 3.77. The second-order valence-electron chi connectivity index (χ2n) is 5.21. The van der Waals surface area contributed by atoms with E-state index < -0.39 is 0 Å². The van der Waals surface area contributed by atoms with E-state index in [1.807, 2.05) is 12.1 Å². The minimum absolute atomic E-state index is 0.238. The highest BCUT2D eigenvalue weighted by Crippen LogP contribution is 2.37. The Morgan fingerprint density at radius 2 is 1.76 bits per heavy atom. The summed E-state index contributed by atoms with van der Waals surface area (Å²) in [6, 6.07) is 8.65. The first kappa shape index (κ1) is 12.0. The van der Waals surface area contributed by atoms with Gasteiger partial charge in [0.2, 0.25) is 0 Å². The molecule has 0 heterocycles. The van der Waals surface area contributed by atoms with E-state index in [1.165, 1.54) is 11.1 Å². The molecule has 90 valence electrons. The maximum Gasteiger partial charge on any atom is 0.119 e. The van der Waals surface area contributed by atoms with E-state index in [1.54, 1.807) is 0 Å². The molecule has 1 fully saturated rings. The van der Waals surface area contributed by atoms with Crippen molar-refractivity contribution in [2.24, 2.45) is 5.41 Å². The van der Waals surface area contributed by atoms with Crippen molar-refractivity contribution in [3.05, 3.63) is 29.3 Å². The zero-order valence-electron chi connectivity index (χ0n) is 10.6. The van der Waals surface area contributed by atoms with E-state index in [-0.39, 0.29) is 5.41 Å². The van der Waals surface area contributed by atoms with Crippen LogP contribution in [0.3, 0.4) is 0 Å². The number of ether oxygens (including phenoxy) is 1. The lowest BCUT2D eigenvalue weighted by Crippen LogP contribution is -2.23. The van der Waals surface area contributed by atoms with E-state index in [4.69, 9.17) is 4.74 Å². The second kappa shape index (κ2) is 4.79. The van der Waals surface area contributed by atoms with Gasteiger partial charge in [0.15, 0.2) is 0 Å². The van der Waals surface area contributed by atoms with Gasteiger partial charge in [-0.1, -0.05) is 18.9 Å². The number of nitriles is 1. The molecule has 0 spiro atoms. The monoisotopic (exact) mass is 229 g/mol. The van der Waals surface area contributed by atoms with Crippen LogP contribution in [0.5, 0.6) is 5.75 Å². The number of nitrogens with zero attached hydrogens (tertiary/aromatic N) is 1. The topological polar surface area (TPSA) is 33.0 Å². The van der Waals surface area contributed by atoms with Crippen LogP contribution >= 0.6 is 0 Å². The quantitative estimate of drug-likeness (QED) is 0.790. The van der Waals surface area contributed by atoms with Gasteiger partial charge >= 0.3 is 0 Å². The smallest absolute Gasteiger partial charge is 0.119 e. The van der Waals surface area contributed by atoms with Crippen LogP contribution in [0, 0.1) is 30.6 Å². The molecule has 0 aromatic heterocycles. The van der Waals surface area contributed by atoms with Gasteiger partial charge in [0.1, 0.15) is 12.4 Å². The minimum Gasteiger partial charge on any atom is -0.492 e. The third-order valence-electron chi connectivity index (χ3n) is 3.51. The predicted molar refractivity (Wildman–Crippen MR) is 67.9 cm³/mol. The van der Waals surface area contributed by atoms with Crippen LogP contribution in [0.1, 0.15) is 36.8 Å². The lowest BCUT2D eigenvalue weighted by atomic mass is 9.89. The molecule has 0 amide bonds. The van der Waals surface area contributed by atoms with Gasteiger partial charge in [0, 0.05) is 0 Å². The molecule has 0 N–H and O–H groups in total. The van der Waals surface area contributed by atoms with Gasteiger partial charge in [0.05, 0.1) is 11.5 Å². The molecule has 2 heteroatoms. The normalized spacial score (nSPS) is 17.7. The zero-order valence-corrected chi connectivity index (χ0v) is 10.6. The molecule has 1 saturated carbocycles. The summed E-state index contributed by atoms with van der Waals surface area (Å²) in [5, 5.41) is 9.27. The van der Waals surface area contributed by atoms with E-state index in [9.17, 15) is 5.26 Å². The number of benzene rings is 1. The Morgan fingerprint density at radius 1 is 1.18 bits per heavy atom. The number of aryl methyl sites for hydroxylation is 2. The van der Waals surface area contributed by atoms with Crippen LogP contribution in [0.15, 0.2) is 18.2 Å². The van der Waals surface area contributed by atoms with Gasteiger partial charge < -0.3 is 4.74 Å². The molecule has 2 nitrogen and oxygen atoms in total. The number of rotatable bonds is 3. The highest BCUT2D eigenvalue weighted by molar-refractivity contribution is 5.33. The fourth-order valence-electron chi connectivity index (χ4n) is 2.58. The molecule has 0 bridgehead atoms. The van der Waals surface area contributed by atoms with Gasteiger partial charge in [-0.2, -0.15) is 5.26 Å². The lowest BCUT2D eigenvalue weighted by molar-refractivity contribution is 0.201. The molecule has 1 aliphatic rings. The van der Waals surface area contributed by atoms with Gasteiger partial charge in [0.25, 0.3) is 0 Å². The standard InChI is InChI=1S/C15H19NO/c1-12-7-13(2)9-14(8-12)17-11-15(10-16)5-3-4-6-15/h7-9H,3-6,11H2,1-2H3. The van der Waals surface area contributed by atoms with Crippen molar-refractivity contribution in [2.75, 3.05) is 6.61 Å². The first-order valence-corrected chi connectivity index (χ1v) is 6.26. The Kier molecular flexibility index (Phi) is 3.38. The van der Waals surface area contributed by atoms with Gasteiger partial charge in [-0.15, -0.1) is 0 Å². The molecule has 0 saturated heterocycles. The largest absolute Gasteiger partial charge is 0.492 e.